The summed E-state index contributed by atoms with van der Waals surface area (Å²) >= 11 is 0. The Hall–Kier alpha value is -1.35. The van der Waals surface area contributed by atoms with Crippen molar-refractivity contribution in [1.29, 1.82) is 0 Å². The number of carbonyl (C=O) groups is 1. The van der Waals surface area contributed by atoms with Gasteiger partial charge < -0.3 is 5.11 Å². The van der Waals surface area contributed by atoms with Crippen molar-refractivity contribution >= 4 is 5.97 Å². The number of nitrogens with zero attached hydrogens (tertiary/aromatic N) is 1. The zero-order valence-electron chi connectivity index (χ0n) is 11.0. The quantitative estimate of drug-likeness (QED) is 0.853. The van der Waals surface area contributed by atoms with Crippen molar-refractivity contribution in [2.75, 3.05) is 13.1 Å². The minimum atomic E-state index is -0.776. The molecule has 0 bridgehead atoms. The van der Waals surface area contributed by atoms with Gasteiger partial charge in [0.2, 0.25) is 0 Å². The van der Waals surface area contributed by atoms with Crippen LogP contribution >= 0.6 is 0 Å². The largest absolute Gasteiger partial charge is 0.480 e. The number of rotatable bonds is 5. The topological polar surface area (TPSA) is 40.5 Å². The zero-order valence-corrected chi connectivity index (χ0v) is 11.0. The lowest BCUT2D eigenvalue weighted by atomic mass is 9.97. The highest BCUT2D eigenvalue weighted by Gasteiger charge is 2.26. The normalized spacial score (nSPS) is 12.8. The smallest absolute Gasteiger partial charge is 0.325 e. The maximum Gasteiger partial charge on any atom is 0.325 e. The molecular formula is C14H21NO2. The van der Waals surface area contributed by atoms with E-state index in [-0.39, 0.29) is 0 Å². The number of aliphatic carboxylic acids is 1. The Bertz CT molecular complexity index is 397. The molecule has 0 aromatic heterocycles. The monoisotopic (exact) mass is 235 g/mol. The van der Waals surface area contributed by atoms with Crippen LogP contribution in [-0.4, -0.2) is 29.1 Å². The van der Waals surface area contributed by atoms with E-state index in [1.165, 1.54) is 0 Å². The third-order valence-electron chi connectivity index (χ3n) is 3.14. The Balaban J connectivity index is 3.22. The first-order valence-electron chi connectivity index (χ1n) is 6.05. The second-order valence-electron chi connectivity index (χ2n) is 4.32. The first-order chi connectivity index (χ1) is 8.01. The molecule has 1 aromatic rings. The van der Waals surface area contributed by atoms with Gasteiger partial charge in [0.15, 0.2) is 0 Å². The first-order valence-corrected chi connectivity index (χ1v) is 6.05. The van der Waals surface area contributed by atoms with E-state index in [4.69, 9.17) is 0 Å². The molecule has 0 spiro atoms. The second-order valence-corrected chi connectivity index (χ2v) is 4.32. The molecular weight excluding hydrogens is 214 g/mol. The summed E-state index contributed by atoms with van der Waals surface area (Å²) in [5.74, 6) is -0.776. The van der Waals surface area contributed by atoms with E-state index in [0.717, 1.165) is 29.8 Å². The van der Waals surface area contributed by atoms with Crippen LogP contribution in [0.5, 0.6) is 0 Å². The molecule has 0 aliphatic heterocycles. The molecule has 1 atom stereocenters. The molecule has 94 valence electrons. The number of benzene rings is 1. The standard InChI is InChI=1S/C14H21NO2/c1-5-15(6-2)13(14(16)17)12-9-10(3)7-8-11(12)4/h7-9,13H,5-6H2,1-4H3,(H,16,17). The lowest BCUT2D eigenvalue weighted by Gasteiger charge is -2.27. The maximum atomic E-state index is 11.5. The molecule has 0 aliphatic carbocycles. The summed E-state index contributed by atoms with van der Waals surface area (Å²) < 4.78 is 0. The van der Waals surface area contributed by atoms with Crippen molar-refractivity contribution < 1.29 is 9.90 Å². The van der Waals surface area contributed by atoms with Gasteiger partial charge in [-0.05, 0) is 38.1 Å². The summed E-state index contributed by atoms with van der Waals surface area (Å²) in [7, 11) is 0. The average molecular weight is 235 g/mol. The van der Waals surface area contributed by atoms with Gasteiger partial charge in [-0.3, -0.25) is 9.69 Å². The fourth-order valence-electron chi connectivity index (χ4n) is 2.13. The van der Waals surface area contributed by atoms with Crippen LogP contribution in [-0.2, 0) is 4.79 Å². The Morgan fingerprint density at radius 3 is 2.35 bits per heavy atom. The molecule has 0 amide bonds. The van der Waals surface area contributed by atoms with Gasteiger partial charge in [-0.25, -0.2) is 0 Å². The number of likely N-dealkylation sites (N-methyl/N-ethyl adjacent to an activating group) is 1. The highest BCUT2D eigenvalue weighted by Crippen LogP contribution is 2.25. The summed E-state index contributed by atoms with van der Waals surface area (Å²) in [6.45, 7) is 9.41. The van der Waals surface area contributed by atoms with E-state index < -0.39 is 12.0 Å². The summed E-state index contributed by atoms with van der Waals surface area (Å²) in [6, 6.07) is 5.45. The van der Waals surface area contributed by atoms with Crippen LogP contribution in [0.4, 0.5) is 0 Å². The SMILES string of the molecule is CCN(CC)C(C(=O)O)c1cc(C)ccc1C. The van der Waals surface area contributed by atoms with E-state index in [1.807, 2.05) is 50.8 Å². The lowest BCUT2D eigenvalue weighted by molar-refractivity contribution is -0.143. The second kappa shape index (κ2) is 5.82. The van der Waals surface area contributed by atoms with Crippen molar-refractivity contribution in [3.63, 3.8) is 0 Å². The van der Waals surface area contributed by atoms with Gasteiger partial charge in [0.1, 0.15) is 6.04 Å². The Morgan fingerprint density at radius 2 is 1.88 bits per heavy atom. The van der Waals surface area contributed by atoms with Crippen molar-refractivity contribution in [2.24, 2.45) is 0 Å². The third-order valence-corrected chi connectivity index (χ3v) is 3.14. The van der Waals surface area contributed by atoms with E-state index in [1.54, 1.807) is 0 Å². The molecule has 1 unspecified atom stereocenters. The predicted octanol–water partition coefficient (Wildman–Crippen LogP) is 2.77. The van der Waals surface area contributed by atoms with Gasteiger partial charge in [0, 0.05) is 0 Å². The van der Waals surface area contributed by atoms with Crippen LogP contribution in [0.2, 0.25) is 0 Å². The lowest BCUT2D eigenvalue weighted by Crippen LogP contribution is -2.34. The van der Waals surface area contributed by atoms with Gasteiger partial charge in [0.25, 0.3) is 0 Å². The zero-order chi connectivity index (χ0) is 13.0. The highest BCUT2D eigenvalue weighted by atomic mass is 16.4. The Morgan fingerprint density at radius 1 is 1.29 bits per heavy atom. The molecule has 0 saturated carbocycles. The number of aryl methyl sites for hydroxylation is 2. The highest BCUT2D eigenvalue weighted by molar-refractivity contribution is 5.76. The minimum Gasteiger partial charge on any atom is -0.480 e. The average Bonchev–Trinajstić information content (AvgIpc) is 2.29. The van der Waals surface area contributed by atoms with Crippen LogP contribution in [0.3, 0.4) is 0 Å². The molecule has 1 rings (SSSR count). The number of hydrogen-bond acceptors (Lipinski definition) is 2. The molecule has 0 heterocycles. The Kier molecular flexibility index (Phi) is 4.70. The van der Waals surface area contributed by atoms with Crippen LogP contribution < -0.4 is 0 Å². The summed E-state index contributed by atoms with van der Waals surface area (Å²) in [4.78, 5) is 13.4. The minimum absolute atomic E-state index is 0.537. The Labute approximate surface area is 103 Å². The van der Waals surface area contributed by atoms with E-state index in [0.29, 0.717) is 0 Å². The van der Waals surface area contributed by atoms with E-state index in [9.17, 15) is 9.90 Å². The van der Waals surface area contributed by atoms with Crippen LogP contribution in [0.25, 0.3) is 0 Å². The fourth-order valence-corrected chi connectivity index (χ4v) is 2.13. The molecule has 0 fully saturated rings. The van der Waals surface area contributed by atoms with Crippen LogP contribution in [0.15, 0.2) is 18.2 Å². The van der Waals surface area contributed by atoms with Crippen LogP contribution in [0.1, 0.15) is 36.6 Å². The molecule has 0 saturated heterocycles. The third kappa shape index (κ3) is 3.07. The van der Waals surface area contributed by atoms with Gasteiger partial charge >= 0.3 is 5.97 Å². The summed E-state index contributed by atoms with van der Waals surface area (Å²) in [6.07, 6.45) is 0. The van der Waals surface area contributed by atoms with Crippen molar-refractivity contribution in [1.82, 2.24) is 4.90 Å². The van der Waals surface area contributed by atoms with Crippen molar-refractivity contribution in [3.8, 4) is 0 Å². The maximum absolute atomic E-state index is 11.5. The van der Waals surface area contributed by atoms with Gasteiger partial charge in [-0.1, -0.05) is 37.6 Å². The molecule has 0 radical (unpaired) electrons. The molecule has 1 aromatic carbocycles. The number of carboxylic acids is 1. The number of hydrogen-bond donors (Lipinski definition) is 1. The number of carboxylic acid groups (broad SMARTS) is 1. The fraction of sp³-hybridized carbons (Fsp3) is 0.500. The predicted molar refractivity (Wildman–Crippen MR) is 69.2 cm³/mol. The summed E-state index contributed by atoms with van der Waals surface area (Å²) in [5, 5.41) is 9.43. The molecule has 3 nitrogen and oxygen atoms in total. The van der Waals surface area contributed by atoms with Crippen molar-refractivity contribution in [3.05, 3.63) is 34.9 Å². The van der Waals surface area contributed by atoms with Crippen molar-refractivity contribution in [2.45, 2.75) is 33.7 Å². The van der Waals surface area contributed by atoms with E-state index >= 15 is 0 Å². The molecule has 0 aliphatic rings. The van der Waals surface area contributed by atoms with Gasteiger partial charge in [-0.15, -0.1) is 0 Å². The molecule has 1 N–H and O–H groups in total. The molecule has 3 heteroatoms. The van der Waals surface area contributed by atoms with Crippen LogP contribution in [0, 0.1) is 13.8 Å². The van der Waals surface area contributed by atoms with Gasteiger partial charge in [-0.2, -0.15) is 0 Å². The first kappa shape index (κ1) is 13.7. The van der Waals surface area contributed by atoms with Gasteiger partial charge in [0.05, 0.1) is 0 Å². The molecule has 17 heavy (non-hydrogen) atoms. The summed E-state index contributed by atoms with van der Waals surface area (Å²) in [5.41, 5.74) is 3.04. The van der Waals surface area contributed by atoms with E-state index in [2.05, 4.69) is 0 Å².